The second kappa shape index (κ2) is 4.98. The van der Waals surface area contributed by atoms with Gasteiger partial charge in [0.15, 0.2) is 17.3 Å². The number of hydrogen-bond donors (Lipinski definition) is 1. The molecule has 0 unspecified atom stereocenters. The van der Waals surface area contributed by atoms with E-state index in [0.29, 0.717) is 29.9 Å². The van der Waals surface area contributed by atoms with Gasteiger partial charge in [0.25, 0.3) is 0 Å². The van der Waals surface area contributed by atoms with Gasteiger partial charge in [-0.3, -0.25) is 4.79 Å². The van der Waals surface area contributed by atoms with Crippen LogP contribution < -0.4 is 9.47 Å². The summed E-state index contributed by atoms with van der Waals surface area (Å²) in [6, 6.07) is 4.97. The molecule has 4 heteroatoms. The van der Waals surface area contributed by atoms with Crippen LogP contribution in [0, 0.1) is 0 Å². The van der Waals surface area contributed by atoms with Crippen molar-refractivity contribution in [2.24, 2.45) is 0 Å². The molecule has 4 nitrogen and oxygen atoms in total. The van der Waals surface area contributed by atoms with Gasteiger partial charge in [-0.15, -0.1) is 0 Å². The van der Waals surface area contributed by atoms with E-state index in [4.69, 9.17) is 9.47 Å². The van der Waals surface area contributed by atoms with Crippen LogP contribution in [0.4, 0.5) is 0 Å². The predicted molar refractivity (Wildman–Crippen MR) is 67.3 cm³/mol. The number of carbonyl (C=O) groups excluding carboxylic acids is 1. The highest BCUT2D eigenvalue weighted by Crippen LogP contribution is 2.35. The highest BCUT2D eigenvalue weighted by Gasteiger charge is 2.39. The first-order valence-corrected chi connectivity index (χ1v) is 6.10. The molecule has 1 aromatic carbocycles. The van der Waals surface area contributed by atoms with Crippen molar-refractivity contribution in [3.05, 3.63) is 23.8 Å². The number of Topliss-reactive ketones (excluding diaryl/α,β-unsaturated/α-hetero) is 1. The fraction of sp³-hybridized carbons (Fsp3) is 0.500. The third-order valence-electron chi connectivity index (χ3n) is 3.50. The number of ether oxygens (including phenoxy) is 2. The maximum atomic E-state index is 12.3. The van der Waals surface area contributed by atoms with E-state index in [0.717, 1.165) is 12.8 Å². The van der Waals surface area contributed by atoms with E-state index in [2.05, 4.69) is 0 Å². The average Bonchev–Trinajstić information content (AvgIpc) is 2.85. The third-order valence-corrected chi connectivity index (χ3v) is 3.50. The van der Waals surface area contributed by atoms with Crippen LogP contribution >= 0.6 is 0 Å². The van der Waals surface area contributed by atoms with Gasteiger partial charge in [-0.1, -0.05) is 0 Å². The van der Waals surface area contributed by atoms with Crippen LogP contribution in [-0.4, -0.2) is 30.7 Å². The van der Waals surface area contributed by atoms with Gasteiger partial charge >= 0.3 is 0 Å². The molecule has 0 radical (unpaired) electrons. The van der Waals surface area contributed by atoms with Crippen molar-refractivity contribution in [2.75, 3.05) is 14.2 Å². The van der Waals surface area contributed by atoms with Gasteiger partial charge < -0.3 is 14.6 Å². The van der Waals surface area contributed by atoms with E-state index < -0.39 is 5.60 Å². The molecule has 1 fully saturated rings. The summed E-state index contributed by atoms with van der Waals surface area (Å²) in [4.78, 5) is 12.3. The lowest BCUT2D eigenvalue weighted by Gasteiger charge is -2.20. The maximum Gasteiger partial charge on any atom is 0.194 e. The molecule has 0 amide bonds. The van der Waals surface area contributed by atoms with E-state index in [1.165, 1.54) is 7.11 Å². The summed E-state index contributed by atoms with van der Waals surface area (Å²) in [7, 11) is 3.07. The normalized spacial score (nSPS) is 17.5. The Balaban J connectivity index is 2.31. The molecule has 2 rings (SSSR count). The lowest BCUT2D eigenvalue weighted by Crippen LogP contribution is -2.35. The Kier molecular flexibility index (Phi) is 3.57. The zero-order chi connectivity index (χ0) is 13.2. The third kappa shape index (κ3) is 2.20. The van der Waals surface area contributed by atoms with E-state index in [1.54, 1.807) is 25.3 Å². The van der Waals surface area contributed by atoms with Crippen LogP contribution in [0.1, 0.15) is 36.0 Å². The van der Waals surface area contributed by atoms with Crippen molar-refractivity contribution in [1.82, 2.24) is 0 Å². The Morgan fingerprint density at radius 2 is 1.78 bits per heavy atom. The Morgan fingerprint density at radius 1 is 1.17 bits per heavy atom. The van der Waals surface area contributed by atoms with Crippen LogP contribution in [0.15, 0.2) is 18.2 Å². The van der Waals surface area contributed by atoms with Gasteiger partial charge in [0, 0.05) is 5.56 Å². The van der Waals surface area contributed by atoms with E-state index >= 15 is 0 Å². The average molecular weight is 250 g/mol. The smallest absolute Gasteiger partial charge is 0.194 e. The van der Waals surface area contributed by atoms with Crippen LogP contribution in [-0.2, 0) is 0 Å². The molecule has 0 bridgehead atoms. The molecule has 1 N–H and O–H groups in total. The molecule has 0 spiro atoms. The minimum atomic E-state index is -1.19. The Labute approximate surface area is 107 Å². The molecule has 1 aromatic rings. The quantitative estimate of drug-likeness (QED) is 0.832. The fourth-order valence-corrected chi connectivity index (χ4v) is 2.43. The zero-order valence-corrected chi connectivity index (χ0v) is 10.7. The van der Waals surface area contributed by atoms with E-state index in [-0.39, 0.29) is 5.78 Å². The lowest BCUT2D eigenvalue weighted by atomic mass is 9.91. The van der Waals surface area contributed by atoms with Gasteiger partial charge in [0.05, 0.1) is 14.2 Å². The largest absolute Gasteiger partial charge is 0.493 e. The predicted octanol–water partition coefficient (Wildman–Crippen LogP) is 2.19. The van der Waals surface area contributed by atoms with Crippen molar-refractivity contribution in [3.8, 4) is 11.5 Å². The Bertz CT molecular complexity index is 447. The monoisotopic (exact) mass is 250 g/mol. The number of hydrogen-bond acceptors (Lipinski definition) is 4. The molecule has 1 aliphatic rings. The van der Waals surface area contributed by atoms with Gasteiger partial charge in [-0.25, -0.2) is 0 Å². The minimum Gasteiger partial charge on any atom is -0.493 e. The second-order valence-electron chi connectivity index (χ2n) is 4.64. The number of ketones is 1. The van der Waals surface area contributed by atoms with Crippen molar-refractivity contribution in [3.63, 3.8) is 0 Å². The van der Waals surface area contributed by atoms with Crippen LogP contribution in [0.5, 0.6) is 11.5 Å². The molecular formula is C14H18O4. The summed E-state index contributed by atoms with van der Waals surface area (Å²) in [5, 5.41) is 10.3. The number of aliphatic hydroxyl groups is 1. The summed E-state index contributed by atoms with van der Waals surface area (Å²) >= 11 is 0. The molecule has 1 saturated carbocycles. The standard InChI is InChI=1S/C14H18O4/c1-17-11-6-5-10(9-12(11)18-2)13(15)14(16)7-3-4-8-14/h5-6,9,16H,3-4,7-8H2,1-2H3. The van der Waals surface area contributed by atoms with Crippen molar-refractivity contribution < 1.29 is 19.4 Å². The summed E-state index contributed by atoms with van der Waals surface area (Å²) in [6.07, 6.45) is 2.88. The van der Waals surface area contributed by atoms with Gasteiger partial charge in [-0.2, -0.15) is 0 Å². The first-order valence-electron chi connectivity index (χ1n) is 6.10. The topological polar surface area (TPSA) is 55.8 Å². The van der Waals surface area contributed by atoms with Gasteiger partial charge in [-0.05, 0) is 43.9 Å². The second-order valence-corrected chi connectivity index (χ2v) is 4.64. The molecule has 0 aliphatic heterocycles. The minimum absolute atomic E-state index is 0.221. The summed E-state index contributed by atoms with van der Waals surface area (Å²) in [5.74, 6) is 0.860. The molecular weight excluding hydrogens is 232 g/mol. The van der Waals surface area contributed by atoms with Crippen molar-refractivity contribution >= 4 is 5.78 Å². The van der Waals surface area contributed by atoms with Gasteiger partial charge in [0.1, 0.15) is 5.60 Å². The fourth-order valence-electron chi connectivity index (χ4n) is 2.43. The maximum absolute atomic E-state index is 12.3. The van der Waals surface area contributed by atoms with Crippen molar-refractivity contribution in [2.45, 2.75) is 31.3 Å². The molecule has 18 heavy (non-hydrogen) atoms. The van der Waals surface area contributed by atoms with Crippen LogP contribution in [0.2, 0.25) is 0 Å². The summed E-state index contributed by atoms with van der Waals surface area (Å²) < 4.78 is 10.3. The summed E-state index contributed by atoms with van der Waals surface area (Å²) in [6.45, 7) is 0. The number of rotatable bonds is 4. The SMILES string of the molecule is COc1ccc(C(=O)C2(O)CCCC2)cc1OC. The van der Waals surface area contributed by atoms with E-state index in [9.17, 15) is 9.90 Å². The molecule has 98 valence electrons. The number of benzene rings is 1. The zero-order valence-electron chi connectivity index (χ0n) is 10.7. The Hall–Kier alpha value is -1.55. The molecule has 0 heterocycles. The highest BCUT2D eigenvalue weighted by atomic mass is 16.5. The molecule has 0 saturated heterocycles. The van der Waals surface area contributed by atoms with Crippen molar-refractivity contribution in [1.29, 1.82) is 0 Å². The van der Waals surface area contributed by atoms with Crippen LogP contribution in [0.25, 0.3) is 0 Å². The van der Waals surface area contributed by atoms with Gasteiger partial charge in [0.2, 0.25) is 0 Å². The molecule has 1 aliphatic carbocycles. The summed E-state index contributed by atoms with van der Waals surface area (Å²) in [5.41, 5.74) is -0.725. The number of methoxy groups -OCH3 is 2. The van der Waals surface area contributed by atoms with E-state index in [1.807, 2.05) is 0 Å². The number of carbonyl (C=O) groups is 1. The molecule has 0 aromatic heterocycles. The van der Waals surface area contributed by atoms with Crippen LogP contribution in [0.3, 0.4) is 0 Å². The highest BCUT2D eigenvalue weighted by molar-refractivity contribution is 6.03. The first kappa shape index (κ1) is 12.9. The lowest BCUT2D eigenvalue weighted by molar-refractivity contribution is 0.0353. The molecule has 0 atom stereocenters. The Morgan fingerprint density at radius 3 is 2.33 bits per heavy atom. The first-order chi connectivity index (χ1) is 8.60.